The fraction of sp³-hybridized carbons (Fsp3) is 0.158. The third-order valence-electron chi connectivity index (χ3n) is 4.25. The SMILES string of the molecule is Cc1cccc(NC(=O)c2cn(C)c3c(F)cccc3c2=O)c1C. The van der Waals surface area contributed by atoms with Crippen molar-refractivity contribution < 1.29 is 9.18 Å². The highest BCUT2D eigenvalue weighted by Crippen LogP contribution is 2.19. The Morgan fingerprint density at radius 3 is 2.58 bits per heavy atom. The summed E-state index contributed by atoms with van der Waals surface area (Å²) in [6.45, 7) is 3.85. The molecule has 2 aromatic carbocycles. The quantitative estimate of drug-likeness (QED) is 0.784. The van der Waals surface area contributed by atoms with Crippen molar-refractivity contribution in [2.45, 2.75) is 13.8 Å². The van der Waals surface area contributed by atoms with E-state index in [1.807, 2.05) is 26.0 Å². The molecule has 0 aliphatic heterocycles. The summed E-state index contributed by atoms with van der Waals surface area (Å²) in [7, 11) is 1.61. The number of anilines is 1. The van der Waals surface area contributed by atoms with Crippen molar-refractivity contribution in [1.29, 1.82) is 0 Å². The number of halogens is 1. The van der Waals surface area contributed by atoms with E-state index < -0.39 is 17.2 Å². The Morgan fingerprint density at radius 2 is 1.83 bits per heavy atom. The minimum atomic E-state index is -0.504. The number of benzene rings is 2. The molecule has 0 fully saturated rings. The van der Waals surface area contributed by atoms with E-state index in [-0.39, 0.29) is 16.5 Å². The van der Waals surface area contributed by atoms with Crippen LogP contribution in [0.2, 0.25) is 0 Å². The first kappa shape index (κ1) is 15.9. The van der Waals surface area contributed by atoms with Gasteiger partial charge >= 0.3 is 0 Å². The van der Waals surface area contributed by atoms with Crippen molar-refractivity contribution in [3.05, 3.63) is 75.3 Å². The smallest absolute Gasteiger partial charge is 0.261 e. The summed E-state index contributed by atoms with van der Waals surface area (Å²) in [6.07, 6.45) is 1.37. The summed E-state index contributed by atoms with van der Waals surface area (Å²) in [6, 6.07) is 9.85. The molecule has 0 radical (unpaired) electrons. The van der Waals surface area contributed by atoms with E-state index in [0.717, 1.165) is 11.1 Å². The first-order valence-corrected chi connectivity index (χ1v) is 7.55. The Balaban J connectivity index is 2.10. The Labute approximate surface area is 138 Å². The molecule has 1 amide bonds. The molecule has 3 aromatic rings. The zero-order valence-electron chi connectivity index (χ0n) is 13.7. The number of aryl methyl sites for hydroxylation is 2. The molecule has 0 atom stereocenters. The highest BCUT2D eigenvalue weighted by atomic mass is 19.1. The molecular weight excluding hydrogens is 307 g/mol. The van der Waals surface area contributed by atoms with Crippen LogP contribution in [-0.2, 0) is 7.05 Å². The molecule has 0 aliphatic carbocycles. The van der Waals surface area contributed by atoms with Gasteiger partial charge in [0, 0.05) is 24.3 Å². The zero-order valence-corrected chi connectivity index (χ0v) is 13.7. The van der Waals surface area contributed by atoms with Gasteiger partial charge in [-0.25, -0.2) is 4.39 Å². The lowest BCUT2D eigenvalue weighted by atomic mass is 10.1. The molecule has 0 saturated carbocycles. The maximum absolute atomic E-state index is 13.9. The minimum Gasteiger partial charge on any atom is -0.347 e. The minimum absolute atomic E-state index is 0.0171. The van der Waals surface area contributed by atoms with Crippen LogP contribution in [0.5, 0.6) is 0 Å². The van der Waals surface area contributed by atoms with Crippen molar-refractivity contribution in [3.63, 3.8) is 0 Å². The van der Waals surface area contributed by atoms with Gasteiger partial charge in [-0.05, 0) is 43.2 Å². The second-order valence-electron chi connectivity index (χ2n) is 5.82. The van der Waals surface area contributed by atoms with Gasteiger partial charge in [0.25, 0.3) is 5.91 Å². The van der Waals surface area contributed by atoms with Crippen LogP contribution in [0.25, 0.3) is 10.9 Å². The molecule has 1 heterocycles. The fourth-order valence-electron chi connectivity index (χ4n) is 2.76. The van der Waals surface area contributed by atoms with Crippen molar-refractivity contribution in [2.75, 3.05) is 5.32 Å². The maximum Gasteiger partial charge on any atom is 0.261 e. The highest BCUT2D eigenvalue weighted by Gasteiger charge is 2.17. The van der Waals surface area contributed by atoms with E-state index in [1.165, 1.54) is 29.0 Å². The summed E-state index contributed by atoms with van der Waals surface area (Å²) >= 11 is 0. The molecular formula is C19H17FN2O2. The van der Waals surface area contributed by atoms with Gasteiger partial charge in [-0.3, -0.25) is 9.59 Å². The van der Waals surface area contributed by atoms with Gasteiger partial charge in [-0.2, -0.15) is 0 Å². The number of rotatable bonds is 2. The normalized spacial score (nSPS) is 10.8. The first-order valence-electron chi connectivity index (χ1n) is 7.55. The van der Waals surface area contributed by atoms with E-state index in [9.17, 15) is 14.0 Å². The largest absolute Gasteiger partial charge is 0.347 e. The first-order chi connectivity index (χ1) is 11.4. The number of hydrogen-bond donors (Lipinski definition) is 1. The summed E-state index contributed by atoms with van der Waals surface area (Å²) in [5.74, 6) is -0.996. The van der Waals surface area contributed by atoms with E-state index in [1.54, 1.807) is 13.1 Å². The molecule has 0 bridgehead atoms. The summed E-state index contributed by atoms with van der Waals surface area (Å²) in [4.78, 5) is 25.1. The number of nitrogens with zero attached hydrogens (tertiary/aromatic N) is 1. The lowest BCUT2D eigenvalue weighted by molar-refractivity contribution is 0.102. The lowest BCUT2D eigenvalue weighted by Crippen LogP contribution is -2.24. The van der Waals surface area contributed by atoms with Gasteiger partial charge < -0.3 is 9.88 Å². The lowest BCUT2D eigenvalue weighted by Gasteiger charge is -2.12. The number of aromatic nitrogens is 1. The maximum atomic E-state index is 13.9. The van der Waals surface area contributed by atoms with Gasteiger partial charge in [0.05, 0.1) is 5.52 Å². The van der Waals surface area contributed by atoms with Crippen LogP contribution < -0.4 is 10.7 Å². The van der Waals surface area contributed by atoms with Crippen molar-refractivity contribution in [1.82, 2.24) is 4.57 Å². The average molecular weight is 324 g/mol. The fourth-order valence-corrected chi connectivity index (χ4v) is 2.76. The van der Waals surface area contributed by atoms with Crippen LogP contribution in [0.1, 0.15) is 21.5 Å². The van der Waals surface area contributed by atoms with Crippen molar-refractivity contribution in [3.8, 4) is 0 Å². The van der Waals surface area contributed by atoms with Gasteiger partial charge in [-0.15, -0.1) is 0 Å². The zero-order chi connectivity index (χ0) is 17.4. The van der Waals surface area contributed by atoms with Crippen molar-refractivity contribution in [2.24, 2.45) is 7.05 Å². The number of carbonyl (C=O) groups excluding carboxylic acids is 1. The molecule has 5 heteroatoms. The van der Waals surface area contributed by atoms with Crippen LogP contribution in [0.15, 0.2) is 47.4 Å². The van der Waals surface area contributed by atoms with Crippen LogP contribution in [-0.4, -0.2) is 10.5 Å². The van der Waals surface area contributed by atoms with E-state index in [0.29, 0.717) is 5.69 Å². The Bertz CT molecular complexity index is 1020. The standard InChI is InChI=1S/C19H17FN2O2/c1-11-6-4-9-16(12(11)2)21-19(24)14-10-22(3)17-13(18(14)23)7-5-8-15(17)20/h4-10H,1-3H3,(H,21,24). The number of carbonyl (C=O) groups is 1. The highest BCUT2D eigenvalue weighted by molar-refractivity contribution is 6.06. The van der Waals surface area contributed by atoms with Crippen LogP contribution in [0.3, 0.4) is 0 Å². The van der Waals surface area contributed by atoms with E-state index >= 15 is 0 Å². The van der Waals surface area contributed by atoms with Gasteiger partial charge in [0.15, 0.2) is 0 Å². The molecule has 24 heavy (non-hydrogen) atoms. The van der Waals surface area contributed by atoms with Gasteiger partial charge in [0.2, 0.25) is 5.43 Å². The van der Waals surface area contributed by atoms with E-state index in [4.69, 9.17) is 0 Å². The monoisotopic (exact) mass is 324 g/mol. The third kappa shape index (κ3) is 2.58. The van der Waals surface area contributed by atoms with Gasteiger partial charge in [-0.1, -0.05) is 18.2 Å². The van der Waals surface area contributed by atoms with Crippen LogP contribution >= 0.6 is 0 Å². The molecule has 4 nitrogen and oxygen atoms in total. The second-order valence-corrected chi connectivity index (χ2v) is 5.82. The third-order valence-corrected chi connectivity index (χ3v) is 4.25. The molecule has 0 spiro atoms. The number of nitrogens with one attached hydrogen (secondary N) is 1. The summed E-state index contributed by atoms with van der Waals surface area (Å²) < 4.78 is 15.4. The second kappa shape index (κ2) is 5.92. The number of fused-ring (bicyclic) bond motifs is 1. The molecule has 0 unspecified atom stereocenters. The molecule has 1 aromatic heterocycles. The molecule has 1 N–H and O–H groups in total. The average Bonchev–Trinajstić information content (AvgIpc) is 2.55. The Hall–Kier alpha value is -2.95. The number of pyridine rings is 1. The predicted molar refractivity (Wildman–Crippen MR) is 93.0 cm³/mol. The Kier molecular flexibility index (Phi) is 3.93. The number of para-hydroxylation sites is 1. The Morgan fingerprint density at radius 1 is 1.12 bits per heavy atom. The molecule has 0 saturated heterocycles. The summed E-state index contributed by atoms with van der Waals surface area (Å²) in [5.41, 5.74) is 2.32. The van der Waals surface area contributed by atoms with Crippen LogP contribution in [0, 0.1) is 19.7 Å². The van der Waals surface area contributed by atoms with Crippen LogP contribution in [0.4, 0.5) is 10.1 Å². The van der Waals surface area contributed by atoms with Gasteiger partial charge in [0.1, 0.15) is 11.4 Å². The summed E-state index contributed by atoms with van der Waals surface area (Å²) in [5, 5.41) is 2.95. The topological polar surface area (TPSA) is 51.1 Å². The number of amides is 1. The predicted octanol–water partition coefficient (Wildman–Crippen LogP) is 3.55. The van der Waals surface area contributed by atoms with E-state index in [2.05, 4.69) is 5.32 Å². The van der Waals surface area contributed by atoms with Crippen molar-refractivity contribution >= 4 is 22.5 Å². The molecule has 0 aliphatic rings. The number of hydrogen-bond acceptors (Lipinski definition) is 2. The molecule has 122 valence electrons. The molecule has 3 rings (SSSR count).